The highest BCUT2D eigenvalue weighted by Gasteiger charge is 2.41. The first-order valence-corrected chi connectivity index (χ1v) is 6.57. The van der Waals surface area contributed by atoms with Crippen LogP contribution in [0.2, 0.25) is 0 Å². The third-order valence-electron chi connectivity index (χ3n) is 4.07. The Morgan fingerprint density at radius 1 is 1.28 bits per heavy atom. The Morgan fingerprint density at radius 2 is 2.11 bits per heavy atom. The third-order valence-corrected chi connectivity index (χ3v) is 4.07. The lowest BCUT2D eigenvalue weighted by molar-refractivity contribution is -0.142. The predicted molar refractivity (Wildman–Crippen MR) is 64.5 cm³/mol. The molecule has 0 aliphatic carbocycles. The van der Waals surface area contributed by atoms with Crippen molar-refractivity contribution in [1.29, 1.82) is 0 Å². The Bertz CT molecular complexity index is 398. The average molecular weight is 250 g/mol. The second-order valence-electron chi connectivity index (χ2n) is 5.21. The van der Waals surface area contributed by atoms with Crippen molar-refractivity contribution in [1.82, 2.24) is 0 Å². The summed E-state index contributed by atoms with van der Waals surface area (Å²) < 4.78 is 16.3. The number of furan rings is 1. The van der Waals surface area contributed by atoms with Crippen molar-refractivity contribution in [2.75, 3.05) is 19.8 Å². The van der Waals surface area contributed by atoms with E-state index in [1.165, 1.54) is 6.26 Å². The van der Waals surface area contributed by atoms with Crippen molar-refractivity contribution in [3.05, 3.63) is 24.2 Å². The molecule has 0 saturated carbocycles. The first-order chi connectivity index (χ1) is 8.79. The highest BCUT2D eigenvalue weighted by Crippen LogP contribution is 2.38. The number of ether oxygens (including phenoxy) is 2. The summed E-state index contributed by atoms with van der Waals surface area (Å²) >= 11 is 0. The molecule has 0 radical (unpaired) electrons. The van der Waals surface area contributed by atoms with Gasteiger partial charge in [0, 0.05) is 25.7 Å². The minimum atomic E-state index is -0.124. The Kier molecular flexibility index (Phi) is 3.22. The minimum Gasteiger partial charge on any atom is -0.472 e. The lowest BCUT2D eigenvalue weighted by atomic mass is 9.78. The summed E-state index contributed by atoms with van der Waals surface area (Å²) in [6.45, 7) is 2.16. The average Bonchev–Trinajstić information content (AvgIpc) is 2.93. The molecule has 18 heavy (non-hydrogen) atoms. The number of hydrogen-bond acceptors (Lipinski definition) is 4. The number of rotatable bonds is 2. The van der Waals surface area contributed by atoms with E-state index in [0.717, 1.165) is 38.9 Å². The van der Waals surface area contributed by atoms with Crippen LogP contribution in [0.15, 0.2) is 23.0 Å². The van der Waals surface area contributed by atoms with Crippen LogP contribution in [-0.4, -0.2) is 31.2 Å². The van der Waals surface area contributed by atoms with E-state index in [2.05, 4.69) is 0 Å². The molecule has 0 aromatic carbocycles. The Morgan fingerprint density at radius 3 is 2.83 bits per heavy atom. The molecule has 1 aromatic rings. The molecule has 0 N–H and O–H groups in total. The number of ketones is 1. The topological polar surface area (TPSA) is 48.7 Å². The molecule has 0 bridgehead atoms. The molecule has 3 heterocycles. The molecule has 1 spiro atoms. The number of hydrogen-bond donors (Lipinski definition) is 0. The molecule has 2 fully saturated rings. The molecule has 4 heteroatoms. The fourth-order valence-electron chi connectivity index (χ4n) is 2.98. The van der Waals surface area contributed by atoms with Crippen molar-refractivity contribution >= 4 is 5.78 Å². The smallest absolute Gasteiger partial charge is 0.169 e. The second-order valence-corrected chi connectivity index (χ2v) is 5.21. The minimum absolute atomic E-state index is 0.0643. The molecule has 2 aliphatic rings. The molecule has 1 atom stereocenters. The van der Waals surface area contributed by atoms with Crippen molar-refractivity contribution in [2.24, 2.45) is 5.92 Å². The van der Waals surface area contributed by atoms with E-state index in [-0.39, 0.29) is 17.3 Å². The number of carbonyl (C=O) groups excluding carboxylic acids is 1. The first-order valence-electron chi connectivity index (χ1n) is 6.57. The Balaban J connectivity index is 1.72. The monoisotopic (exact) mass is 250 g/mol. The molecule has 3 rings (SSSR count). The van der Waals surface area contributed by atoms with E-state index in [4.69, 9.17) is 13.9 Å². The number of carbonyl (C=O) groups is 1. The van der Waals surface area contributed by atoms with Gasteiger partial charge in [0.2, 0.25) is 0 Å². The summed E-state index contributed by atoms with van der Waals surface area (Å²) in [5.74, 6) is 0.257. The van der Waals surface area contributed by atoms with Gasteiger partial charge in [-0.25, -0.2) is 0 Å². The maximum Gasteiger partial charge on any atom is 0.169 e. The summed E-state index contributed by atoms with van der Waals surface area (Å²) in [6, 6.07) is 1.74. The van der Waals surface area contributed by atoms with E-state index < -0.39 is 0 Å². The van der Waals surface area contributed by atoms with Gasteiger partial charge in [-0.15, -0.1) is 0 Å². The van der Waals surface area contributed by atoms with Crippen LogP contribution in [-0.2, 0) is 9.47 Å². The maximum absolute atomic E-state index is 12.3. The van der Waals surface area contributed by atoms with Gasteiger partial charge >= 0.3 is 0 Å². The van der Waals surface area contributed by atoms with Crippen LogP contribution in [0.25, 0.3) is 0 Å². The van der Waals surface area contributed by atoms with E-state index >= 15 is 0 Å². The van der Waals surface area contributed by atoms with Crippen molar-refractivity contribution < 1.29 is 18.7 Å². The van der Waals surface area contributed by atoms with Crippen molar-refractivity contribution in [2.45, 2.75) is 31.3 Å². The van der Waals surface area contributed by atoms with E-state index in [1.54, 1.807) is 12.3 Å². The van der Waals surface area contributed by atoms with E-state index in [9.17, 15) is 4.79 Å². The van der Waals surface area contributed by atoms with Gasteiger partial charge in [0.1, 0.15) is 6.26 Å². The molecule has 1 aromatic heterocycles. The summed E-state index contributed by atoms with van der Waals surface area (Å²) in [5, 5.41) is 0. The van der Waals surface area contributed by atoms with Gasteiger partial charge < -0.3 is 13.9 Å². The van der Waals surface area contributed by atoms with Gasteiger partial charge in [0.25, 0.3) is 0 Å². The van der Waals surface area contributed by atoms with Gasteiger partial charge in [-0.05, 0) is 31.7 Å². The summed E-state index contributed by atoms with van der Waals surface area (Å²) in [5.41, 5.74) is 0.560. The molecule has 4 nitrogen and oxygen atoms in total. The lowest BCUT2D eigenvalue weighted by Gasteiger charge is -2.42. The van der Waals surface area contributed by atoms with Crippen LogP contribution in [0.3, 0.4) is 0 Å². The summed E-state index contributed by atoms with van der Waals surface area (Å²) in [6.07, 6.45) is 6.53. The van der Waals surface area contributed by atoms with Crippen molar-refractivity contribution in [3.8, 4) is 0 Å². The predicted octanol–water partition coefficient (Wildman–Crippen LogP) is 2.44. The van der Waals surface area contributed by atoms with E-state index in [0.29, 0.717) is 12.2 Å². The van der Waals surface area contributed by atoms with Crippen molar-refractivity contribution in [3.63, 3.8) is 0 Å². The standard InChI is InChI=1S/C14H18O4/c15-13(12-1-5-17-10-12)11-2-6-18-14(9-11)3-7-16-8-4-14/h1,5,10-11H,2-4,6-9H2. The Labute approximate surface area is 106 Å². The van der Waals surface area contributed by atoms with Gasteiger partial charge in [0.05, 0.1) is 17.4 Å². The fourth-order valence-corrected chi connectivity index (χ4v) is 2.98. The van der Waals surface area contributed by atoms with Gasteiger partial charge in [-0.2, -0.15) is 0 Å². The normalized spacial score (nSPS) is 27.2. The SMILES string of the molecule is O=C(c1ccoc1)C1CCOC2(CCOCC2)C1. The first kappa shape index (κ1) is 11.9. The zero-order valence-corrected chi connectivity index (χ0v) is 10.4. The summed E-state index contributed by atoms with van der Waals surface area (Å²) in [7, 11) is 0. The Hall–Kier alpha value is -1.13. The zero-order valence-electron chi connectivity index (χ0n) is 10.4. The van der Waals surface area contributed by atoms with Crippen LogP contribution in [0, 0.1) is 5.92 Å². The second kappa shape index (κ2) is 4.86. The molecule has 2 saturated heterocycles. The number of Topliss-reactive ketones (excluding diaryl/α,β-unsaturated/α-hetero) is 1. The van der Waals surface area contributed by atoms with E-state index in [1.807, 2.05) is 0 Å². The molecule has 98 valence electrons. The van der Waals surface area contributed by atoms with Gasteiger partial charge in [0.15, 0.2) is 5.78 Å². The quantitative estimate of drug-likeness (QED) is 0.756. The zero-order chi connectivity index (χ0) is 12.4. The third kappa shape index (κ3) is 2.22. The van der Waals surface area contributed by atoms with Crippen LogP contribution < -0.4 is 0 Å². The maximum atomic E-state index is 12.3. The highest BCUT2D eigenvalue weighted by atomic mass is 16.5. The molecule has 1 unspecified atom stereocenters. The molecular weight excluding hydrogens is 232 g/mol. The largest absolute Gasteiger partial charge is 0.472 e. The van der Waals surface area contributed by atoms with Crippen LogP contribution in [0.1, 0.15) is 36.0 Å². The molecular formula is C14H18O4. The molecule has 0 amide bonds. The molecule has 2 aliphatic heterocycles. The van der Waals surface area contributed by atoms with Gasteiger partial charge in [-0.1, -0.05) is 0 Å². The van der Waals surface area contributed by atoms with Crippen LogP contribution >= 0.6 is 0 Å². The highest BCUT2D eigenvalue weighted by molar-refractivity contribution is 5.97. The summed E-state index contributed by atoms with van der Waals surface area (Å²) in [4.78, 5) is 12.3. The van der Waals surface area contributed by atoms with Gasteiger partial charge in [-0.3, -0.25) is 4.79 Å². The van der Waals surface area contributed by atoms with Crippen LogP contribution in [0.4, 0.5) is 0 Å². The van der Waals surface area contributed by atoms with Crippen LogP contribution in [0.5, 0.6) is 0 Å². The lowest BCUT2D eigenvalue weighted by Crippen LogP contribution is -2.45. The fraction of sp³-hybridized carbons (Fsp3) is 0.643.